The first-order valence-corrected chi connectivity index (χ1v) is 5.63. The van der Waals surface area contributed by atoms with Crippen LogP contribution in [0, 0.1) is 3.57 Å². The maximum Gasteiger partial charge on any atom is 0.224 e. The van der Waals surface area contributed by atoms with E-state index in [1.807, 2.05) is 22.6 Å². The molecule has 72 valence electrons. The maximum absolute atomic E-state index is 5.86. The lowest BCUT2D eigenvalue weighted by Gasteiger charge is -2.02. The minimum Gasteiger partial charge on any atom is -0.243 e. The fourth-order valence-corrected chi connectivity index (χ4v) is 2.09. The zero-order chi connectivity index (χ0) is 10.3. The van der Waals surface area contributed by atoms with Gasteiger partial charge in [-0.25, -0.2) is 15.0 Å². The number of rotatable bonds is 0. The van der Waals surface area contributed by atoms with Crippen LogP contribution in [0.25, 0.3) is 10.9 Å². The number of nitrogens with zero attached hydrogens (tertiary/aromatic N) is 3. The Balaban J connectivity index is 2.95. The molecule has 0 N–H and O–H groups in total. The van der Waals surface area contributed by atoms with Gasteiger partial charge in [0, 0.05) is 6.20 Å². The Labute approximate surface area is 108 Å². The van der Waals surface area contributed by atoms with Gasteiger partial charge in [-0.3, -0.25) is 0 Å². The minimum absolute atomic E-state index is 0.0997. The van der Waals surface area contributed by atoms with E-state index in [0.717, 1.165) is 0 Å². The molecule has 0 unspecified atom stereocenters. The predicted octanol–water partition coefficient (Wildman–Crippen LogP) is 3.59. The van der Waals surface area contributed by atoms with Crippen molar-refractivity contribution in [3.63, 3.8) is 0 Å². The molecule has 0 saturated carbocycles. The maximum atomic E-state index is 5.86. The molecule has 0 bridgehead atoms. The van der Waals surface area contributed by atoms with E-state index in [4.69, 9.17) is 34.8 Å². The third kappa shape index (κ3) is 1.76. The second kappa shape index (κ2) is 3.92. The molecule has 3 nitrogen and oxygen atoms in total. The molecule has 0 amide bonds. The Morgan fingerprint density at radius 1 is 1.07 bits per heavy atom. The van der Waals surface area contributed by atoms with Crippen LogP contribution in [-0.4, -0.2) is 15.0 Å². The summed E-state index contributed by atoms with van der Waals surface area (Å²) in [5.74, 6) is 0. The quantitative estimate of drug-likeness (QED) is 0.312. The Morgan fingerprint density at radius 3 is 2.50 bits per heavy atom. The third-order valence-corrected chi connectivity index (χ3v) is 3.65. The highest BCUT2D eigenvalue weighted by molar-refractivity contribution is 14.1. The summed E-state index contributed by atoms with van der Waals surface area (Å²) in [6, 6.07) is 0. The molecule has 7 heteroatoms. The average molecular weight is 360 g/mol. The molecule has 0 aromatic carbocycles. The van der Waals surface area contributed by atoms with Crippen LogP contribution in [0.5, 0.6) is 0 Å². The van der Waals surface area contributed by atoms with Crippen molar-refractivity contribution < 1.29 is 0 Å². The molecule has 0 radical (unpaired) electrons. The fourth-order valence-electron chi connectivity index (χ4n) is 0.974. The van der Waals surface area contributed by atoms with E-state index in [2.05, 4.69) is 15.0 Å². The van der Waals surface area contributed by atoms with Gasteiger partial charge in [-0.1, -0.05) is 23.2 Å². The third-order valence-electron chi connectivity index (χ3n) is 1.57. The van der Waals surface area contributed by atoms with Crippen molar-refractivity contribution in [2.75, 3.05) is 0 Å². The van der Waals surface area contributed by atoms with E-state index in [9.17, 15) is 0 Å². The van der Waals surface area contributed by atoms with Gasteiger partial charge in [0.15, 0.2) is 0 Å². The van der Waals surface area contributed by atoms with Gasteiger partial charge in [-0.2, -0.15) is 0 Å². The molecule has 0 atom stereocenters. The topological polar surface area (TPSA) is 38.7 Å². The lowest BCUT2D eigenvalue weighted by Crippen LogP contribution is -1.92. The van der Waals surface area contributed by atoms with Crippen LogP contribution in [0.15, 0.2) is 6.20 Å². The minimum atomic E-state index is 0.0997. The molecule has 0 fully saturated rings. The van der Waals surface area contributed by atoms with Gasteiger partial charge in [0.05, 0.1) is 14.5 Å². The van der Waals surface area contributed by atoms with Gasteiger partial charge in [0.2, 0.25) is 5.28 Å². The van der Waals surface area contributed by atoms with E-state index in [1.165, 1.54) is 6.20 Å². The number of hydrogen-bond acceptors (Lipinski definition) is 3. The molecule has 0 saturated heterocycles. The molecule has 2 rings (SSSR count). The van der Waals surface area contributed by atoms with Gasteiger partial charge in [-0.05, 0) is 34.2 Å². The van der Waals surface area contributed by atoms with E-state index in [0.29, 0.717) is 19.6 Å². The van der Waals surface area contributed by atoms with Crippen LogP contribution in [-0.2, 0) is 0 Å². The van der Waals surface area contributed by atoms with Crippen LogP contribution in [0.4, 0.5) is 0 Å². The van der Waals surface area contributed by atoms with E-state index < -0.39 is 0 Å². The van der Waals surface area contributed by atoms with Crippen molar-refractivity contribution in [2.45, 2.75) is 0 Å². The summed E-state index contributed by atoms with van der Waals surface area (Å²) in [6.45, 7) is 0. The number of fused-ring (bicyclic) bond motifs is 1. The summed E-state index contributed by atoms with van der Waals surface area (Å²) in [6.07, 6.45) is 1.53. The first-order valence-electron chi connectivity index (χ1n) is 3.42. The molecular formula is C7HCl3IN3. The summed E-state index contributed by atoms with van der Waals surface area (Å²) < 4.78 is 0.716. The van der Waals surface area contributed by atoms with E-state index >= 15 is 0 Å². The van der Waals surface area contributed by atoms with Crippen molar-refractivity contribution in [2.24, 2.45) is 0 Å². The van der Waals surface area contributed by atoms with Crippen molar-refractivity contribution in [3.05, 3.63) is 25.4 Å². The summed E-state index contributed by atoms with van der Waals surface area (Å²) in [5.41, 5.74) is 0.621. The van der Waals surface area contributed by atoms with Gasteiger partial charge in [-0.15, -0.1) is 0 Å². The fraction of sp³-hybridized carbons (Fsp3) is 0. The number of halogens is 4. The van der Waals surface area contributed by atoms with E-state index in [1.54, 1.807) is 0 Å². The van der Waals surface area contributed by atoms with E-state index in [-0.39, 0.29) is 10.4 Å². The summed E-state index contributed by atoms with van der Waals surface area (Å²) in [4.78, 5) is 11.8. The zero-order valence-corrected chi connectivity index (χ0v) is 10.9. The van der Waals surface area contributed by atoms with Gasteiger partial charge in [0.1, 0.15) is 10.3 Å². The Hall–Kier alpha value is 0.0900. The highest BCUT2D eigenvalue weighted by atomic mass is 127. The van der Waals surface area contributed by atoms with Crippen molar-refractivity contribution in [1.29, 1.82) is 0 Å². The van der Waals surface area contributed by atoms with Crippen LogP contribution in [0.2, 0.25) is 15.6 Å². The van der Waals surface area contributed by atoms with Gasteiger partial charge in [0.25, 0.3) is 0 Å². The SMILES string of the molecule is Clc1nc(Cl)c2cnc(Cl)c(I)c2n1. The molecule has 0 aliphatic carbocycles. The molecule has 2 heterocycles. The van der Waals surface area contributed by atoms with Crippen LogP contribution >= 0.6 is 57.4 Å². The van der Waals surface area contributed by atoms with Crippen molar-refractivity contribution in [3.8, 4) is 0 Å². The number of pyridine rings is 1. The smallest absolute Gasteiger partial charge is 0.224 e. The average Bonchev–Trinajstić information content (AvgIpc) is 2.12. The molecule has 14 heavy (non-hydrogen) atoms. The first-order chi connectivity index (χ1) is 6.59. The zero-order valence-electron chi connectivity index (χ0n) is 6.43. The summed E-state index contributed by atoms with van der Waals surface area (Å²) in [5, 5.41) is 1.40. The van der Waals surface area contributed by atoms with Crippen LogP contribution in [0.1, 0.15) is 0 Å². The van der Waals surface area contributed by atoms with Gasteiger partial charge >= 0.3 is 0 Å². The Morgan fingerprint density at radius 2 is 1.79 bits per heavy atom. The second-order valence-electron chi connectivity index (χ2n) is 2.41. The second-order valence-corrected chi connectivity index (χ2v) is 4.54. The van der Waals surface area contributed by atoms with Crippen LogP contribution < -0.4 is 0 Å². The predicted molar refractivity (Wildman–Crippen MR) is 65.1 cm³/mol. The van der Waals surface area contributed by atoms with Crippen molar-refractivity contribution >= 4 is 68.3 Å². The lowest BCUT2D eigenvalue weighted by molar-refractivity contribution is 1.20. The number of hydrogen-bond donors (Lipinski definition) is 0. The van der Waals surface area contributed by atoms with Crippen molar-refractivity contribution in [1.82, 2.24) is 15.0 Å². The first kappa shape index (κ1) is 10.6. The molecule has 0 aliphatic heterocycles. The van der Waals surface area contributed by atoms with Gasteiger partial charge < -0.3 is 0 Å². The molecule has 2 aromatic rings. The normalized spacial score (nSPS) is 10.9. The monoisotopic (exact) mass is 359 g/mol. The Kier molecular flexibility index (Phi) is 2.97. The largest absolute Gasteiger partial charge is 0.243 e. The lowest BCUT2D eigenvalue weighted by atomic mass is 10.3. The molecule has 0 spiro atoms. The Bertz CT molecular complexity index is 517. The highest BCUT2D eigenvalue weighted by Crippen LogP contribution is 2.28. The molecular weight excluding hydrogens is 359 g/mol. The molecule has 2 aromatic heterocycles. The van der Waals surface area contributed by atoms with Crippen LogP contribution in [0.3, 0.4) is 0 Å². The summed E-state index contributed by atoms with van der Waals surface area (Å²) in [7, 11) is 0. The summed E-state index contributed by atoms with van der Waals surface area (Å²) >= 11 is 19.4. The highest BCUT2D eigenvalue weighted by Gasteiger charge is 2.10. The number of aromatic nitrogens is 3. The molecule has 0 aliphatic rings. The standard InChI is InChI=1S/C7HCl3IN3/c8-5-2-1-12-6(9)3(11)4(2)13-7(10)14-5/h1H.